The first-order chi connectivity index (χ1) is 12.3. The number of nitrogens with one attached hydrogen (secondary N) is 2. The van der Waals surface area contributed by atoms with Gasteiger partial charge in [0.25, 0.3) is 5.91 Å². The van der Waals surface area contributed by atoms with Crippen LogP contribution < -0.4 is 10.0 Å². The fourth-order valence-corrected chi connectivity index (χ4v) is 3.07. The van der Waals surface area contributed by atoms with E-state index >= 15 is 0 Å². The van der Waals surface area contributed by atoms with Crippen LogP contribution in [0.2, 0.25) is 5.02 Å². The number of carbonyl (C=O) groups is 2. The molecule has 2 aromatic carbocycles. The lowest BCUT2D eigenvalue weighted by Crippen LogP contribution is -2.32. The Morgan fingerprint density at radius 3 is 2.42 bits per heavy atom. The van der Waals surface area contributed by atoms with E-state index < -0.39 is 45.8 Å². The lowest BCUT2D eigenvalue weighted by molar-refractivity contribution is -0.146. The summed E-state index contributed by atoms with van der Waals surface area (Å²) < 4.78 is 43.9. The number of ether oxygens (including phenoxy) is 1. The number of hydrogen-bond acceptors (Lipinski definition) is 5. The van der Waals surface area contributed by atoms with E-state index in [1.807, 2.05) is 4.72 Å². The summed E-state index contributed by atoms with van der Waals surface area (Å²) in [7, 11) is -4.22. The molecule has 0 atom stereocenters. The summed E-state index contributed by atoms with van der Waals surface area (Å²) in [6, 6.07) is 11.2. The minimum atomic E-state index is -4.22. The number of sulfonamides is 1. The van der Waals surface area contributed by atoms with Crippen molar-refractivity contribution < 1.29 is 27.1 Å². The summed E-state index contributed by atoms with van der Waals surface area (Å²) >= 11 is 5.87. The van der Waals surface area contributed by atoms with Crippen LogP contribution in [-0.2, 0) is 24.3 Å². The van der Waals surface area contributed by atoms with Crippen molar-refractivity contribution in [3.05, 3.63) is 59.4 Å². The molecule has 0 aliphatic heterocycles. The van der Waals surface area contributed by atoms with Crippen molar-refractivity contribution in [1.29, 1.82) is 0 Å². The maximum atomic E-state index is 13.5. The third kappa shape index (κ3) is 5.51. The molecule has 26 heavy (non-hydrogen) atoms. The van der Waals surface area contributed by atoms with Gasteiger partial charge < -0.3 is 10.1 Å². The Hall–Kier alpha value is -2.49. The van der Waals surface area contributed by atoms with Crippen molar-refractivity contribution in [2.45, 2.75) is 4.90 Å². The minimum Gasteiger partial charge on any atom is -0.455 e. The van der Waals surface area contributed by atoms with Gasteiger partial charge >= 0.3 is 5.97 Å². The second-order valence-electron chi connectivity index (χ2n) is 4.94. The zero-order chi connectivity index (χ0) is 19.2. The third-order valence-electron chi connectivity index (χ3n) is 3.04. The van der Waals surface area contributed by atoms with Crippen molar-refractivity contribution in [3.63, 3.8) is 0 Å². The summed E-state index contributed by atoms with van der Waals surface area (Å²) in [6.07, 6.45) is 0. The molecule has 10 heteroatoms. The Kier molecular flexibility index (Phi) is 6.67. The predicted octanol–water partition coefficient (Wildman–Crippen LogP) is 1.94. The van der Waals surface area contributed by atoms with Crippen LogP contribution in [0.25, 0.3) is 0 Å². The summed E-state index contributed by atoms with van der Waals surface area (Å²) in [6.45, 7) is -1.39. The number of carbonyl (C=O) groups excluding carboxylic acids is 2. The molecule has 0 unspecified atom stereocenters. The van der Waals surface area contributed by atoms with Gasteiger partial charge in [0.1, 0.15) is 17.3 Å². The Morgan fingerprint density at radius 2 is 1.73 bits per heavy atom. The molecule has 2 rings (SSSR count). The van der Waals surface area contributed by atoms with Crippen LogP contribution in [0.1, 0.15) is 0 Å². The summed E-state index contributed by atoms with van der Waals surface area (Å²) in [5.74, 6) is -2.60. The molecule has 2 N–H and O–H groups in total. The quantitative estimate of drug-likeness (QED) is 0.691. The molecule has 0 heterocycles. The van der Waals surface area contributed by atoms with Gasteiger partial charge in [0.15, 0.2) is 6.61 Å². The predicted molar refractivity (Wildman–Crippen MR) is 92.6 cm³/mol. The highest BCUT2D eigenvalue weighted by Gasteiger charge is 2.20. The Labute approximate surface area is 154 Å². The molecule has 0 aliphatic carbocycles. The van der Waals surface area contributed by atoms with Crippen LogP contribution in [0.3, 0.4) is 0 Å². The largest absolute Gasteiger partial charge is 0.455 e. The van der Waals surface area contributed by atoms with Crippen molar-refractivity contribution in [2.75, 3.05) is 18.5 Å². The number of benzene rings is 2. The molecule has 0 spiro atoms. The average molecular weight is 401 g/mol. The van der Waals surface area contributed by atoms with E-state index in [1.54, 1.807) is 24.3 Å². The first-order valence-corrected chi connectivity index (χ1v) is 9.10. The van der Waals surface area contributed by atoms with Crippen LogP contribution in [0.15, 0.2) is 53.4 Å². The Balaban J connectivity index is 1.83. The normalized spacial score (nSPS) is 11.0. The molecule has 7 nitrogen and oxygen atoms in total. The van der Waals surface area contributed by atoms with Crippen LogP contribution in [0.5, 0.6) is 0 Å². The average Bonchev–Trinajstić information content (AvgIpc) is 2.60. The van der Waals surface area contributed by atoms with E-state index in [2.05, 4.69) is 10.1 Å². The molecule has 0 fully saturated rings. The summed E-state index contributed by atoms with van der Waals surface area (Å²) in [5, 5.41) is 2.74. The van der Waals surface area contributed by atoms with E-state index in [-0.39, 0.29) is 0 Å². The molecule has 0 bridgehead atoms. The van der Waals surface area contributed by atoms with E-state index in [9.17, 15) is 22.4 Å². The topological polar surface area (TPSA) is 102 Å². The van der Waals surface area contributed by atoms with Gasteiger partial charge in [-0.3, -0.25) is 9.59 Å². The van der Waals surface area contributed by atoms with Gasteiger partial charge in [-0.1, -0.05) is 35.9 Å². The number of halogens is 2. The van der Waals surface area contributed by atoms with E-state index in [0.29, 0.717) is 10.7 Å². The van der Waals surface area contributed by atoms with Crippen molar-refractivity contribution in [3.8, 4) is 0 Å². The van der Waals surface area contributed by atoms with Gasteiger partial charge in [-0.2, -0.15) is 4.72 Å². The lowest BCUT2D eigenvalue weighted by atomic mass is 10.3. The monoisotopic (exact) mass is 400 g/mol. The third-order valence-corrected chi connectivity index (χ3v) is 4.81. The van der Waals surface area contributed by atoms with Crippen molar-refractivity contribution >= 4 is 39.2 Å². The van der Waals surface area contributed by atoms with Gasteiger partial charge in [-0.05, 0) is 24.3 Å². The first kappa shape index (κ1) is 19.8. The fraction of sp³-hybridized carbons (Fsp3) is 0.125. The summed E-state index contributed by atoms with van der Waals surface area (Å²) in [4.78, 5) is 22.7. The zero-order valence-corrected chi connectivity index (χ0v) is 14.8. The molecule has 0 saturated carbocycles. The molecule has 2 aromatic rings. The number of amides is 1. The second kappa shape index (κ2) is 8.75. The smallest absolute Gasteiger partial charge is 0.321 e. The maximum absolute atomic E-state index is 13.5. The molecule has 1 amide bonds. The highest BCUT2D eigenvalue weighted by atomic mass is 35.5. The van der Waals surface area contributed by atoms with Gasteiger partial charge in [-0.15, -0.1) is 0 Å². The lowest BCUT2D eigenvalue weighted by Gasteiger charge is -2.09. The van der Waals surface area contributed by atoms with Gasteiger partial charge in [0, 0.05) is 0 Å². The number of hydrogen-bond donors (Lipinski definition) is 2. The molecular formula is C16H14ClFN2O5S. The van der Waals surface area contributed by atoms with E-state index in [0.717, 1.165) is 12.1 Å². The SMILES string of the molecule is O=C(COC(=O)CNS(=O)(=O)c1ccccc1F)Nc1ccccc1Cl. The highest BCUT2D eigenvalue weighted by Crippen LogP contribution is 2.20. The van der Waals surface area contributed by atoms with Gasteiger partial charge in [-0.25, -0.2) is 12.8 Å². The Morgan fingerprint density at radius 1 is 1.08 bits per heavy atom. The van der Waals surface area contributed by atoms with Crippen molar-refractivity contribution in [2.24, 2.45) is 0 Å². The first-order valence-electron chi connectivity index (χ1n) is 7.24. The summed E-state index contributed by atoms with van der Waals surface area (Å²) in [5.41, 5.74) is 0.343. The van der Waals surface area contributed by atoms with Gasteiger partial charge in [0.05, 0.1) is 10.7 Å². The maximum Gasteiger partial charge on any atom is 0.321 e. The Bertz CT molecular complexity index is 920. The standard InChI is InChI=1S/C16H14ClFN2O5S/c17-11-5-1-3-7-13(11)20-15(21)10-25-16(22)9-19-26(23,24)14-8-4-2-6-12(14)18/h1-8,19H,9-10H2,(H,20,21). The second-order valence-corrected chi connectivity index (χ2v) is 7.09. The van der Waals surface area contributed by atoms with E-state index in [4.69, 9.17) is 11.6 Å². The van der Waals surface area contributed by atoms with Crippen molar-refractivity contribution in [1.82, 2.24) is 4.72 Å². The molecule has 0 radical (unpaired) electrons. The van der Waals surface area contributed by atoms with Crippen LogP contribution in [0.4, 0.5) is 10.1 Å². The zero-order valence-electron chi connectivity index (χ0n) is 13.2. The van der Waals surface area contributed by atoms with Crippen LogP contribution in [0, 0.1) is 5.82 Å². The van der Waals surface area contributed by atoms with Crippen LogP contribution >= 0.6 is 11.6 Å². The molecular weight excluding hydrogens is 387 g/mol. The number of anilines is 1. The highest BCUT2D eigenvalue weighted by molar-refractivity contribution is 7.89. The number of para-hydroxylation sites is 1. The molecule has 0 saturated heterocycles. The molecule has 138 valence electrons. The number of esters is 1. The van der Waals surface area contributed by atoms with Gasteiger partial charge in [0.2, 0.25) is 10.0 Å². The molecule has 0 aliphatic rings. The fourth-order valence-electron chi connectivity index (χ4n) is 1.84. The molecule has 0 aromatic heterocycles. The van der Waals surface area contributed by atoms with E-state index in [1.165, 1.54) is 12.1 Å². The van der Waals surface area contributed by atoms with Crippen LogP contribution in [-0.4, -0.2) is 33.4 Å². The number of rotatable bonds is 7. The minimum absolute atomic E-state index is 0.310.